The second-order valence-corrected chi connectivity index (χ2v) is 2.86. The van der Waals surface area contributed by atoms with Crippen LogP contribution in [0, 0.1) is 0 Å². The van der Waals surface area contributed by atoms with Gasteiger partial charge in [0.05, 0.1) is 12.8 Å². The molecule has 15 heavy (non-hydrogen) atoms. The van der Waals surface area contributed by atoms with Crippen molar-refractivity contribution >= 4 is 0 Å². The summed E-state index contributed by atoms with van der Waals surface area (Å²) >= 11 is 0. The largest absolute Gasteiger partial charge is 0.468 e. The normalized spacial score (nSPS) is 10.6. The van der Waals surface area contributed by atoms with E-state index in [1.807, 2.05) is 33.8 Å². The quantitative estimate of drug-likeness (QED) is 0.813. The molecule has 0 aliphatic heterocycles. The zero-order chi connectivity index (χ0) is 12.3. The predicted octanol–water partition coefficient (Wildman–Crippen LogP) is 4.30. The van der Waals surface area contributed by atoms with Gasteiger partial charge in [0.1, 0.15) is 5.76 Å². The van der Waals surface area contributed by atoms with Crippen LogP contribution in [-0.2, 0) is 6.54 Å². The van der Waals surface area contributed by atoms with E-state index in [4.69, 9.17) is 10.2 Å². The van der Waals surface area contributed by atoms with Gasteiger partial charge in [0, 0.05) is 0 Å². The number of rotatable bonds is 3. The van der Waals surface area contributed by atoms with Crippen LogP contribution >= 0.6 is 0 Å². The van der Waals surface area contributed by atoms with E-state index in [9.17, 15) is 0 Å². The minimum Gasteiger partial charge on any atom is -0.468 e. The lowest BCUT2D eigenvalue weighted by molar-refractivity contribution is 0.508. The summed E-state index contributed by atoms with van der Waals surface area (Å²) in [6.45, 7) is 12.8. The lowest BCUT2D eigenvalue weighted by Crippen LogP contribution is -1.93. The first-order valence-corrected chi connectivity index (χ1v) is 6.05. The van der Waals surface area contributed by atoms with Gasteiger partial charge in [0.25, 0.3) is 0 Å². The minimum absolute atomic E-state index is 0.496. The van der Waals surface area contributed by atoms with Gasteiger partial charge in [0.2, 0.25) is 0 Å². The first-order valence-electron chi connectivity index (χ1n) is 6.05. The Labute approximate surface area is 94.9 Å². The average Bonchev–Trinajstić information content (AvgIpc) is 2.82. The summed E-state index contributed by atoms with van der Waals surface area (Å²) in [5.41, 5.74) is 6.67. The van der Waals surface area contributed by atoms with Crippen molar-refractivity contribution in [3.05, 3.63) is 23.7 Å². The third kappa shape index (κ3) is 6.34. The molecule has 0 saturated heterocycles. The molecule has 1 atom stereocenters. The zero-order valence-electron chi connectivity index (χ0n) is 11.1. The fourth-order valence-electron chi connectivity index (χ4n) is 0.999. The molecule has 2 nitrogen and oxygen atoms in total. The van der Waals surface area contributed by atoms with Crippen LogP contribution in [0.5, 0.6) is 0 Å². The molecule has 1 unspecified atom stereocenters. The Morgan fingerprint density at radius 1 is 1.27 bits per heavy atom. The average molecular weight is 213 g/mol. The molecular formula is C13H27NO. The van der Waals surface area contributed by atoms with Crippen LogP contribution in [0.1, 0.15) is 65.2 Å². The summed E-state index contributed by atoms with van der Waals surface area (Å²) in [5, 5.41) is 0. The number of nitrogens with two attached hydrogens (primary N) is 1. The van der Waals surface area contributed by atoms with Crippen molar-refractivity contribution in [2.75, 3.05) is 0 Å². The van der Waals surface area contributed by atoms with Gasteiger partial charge in [-0.2, -0.15) is 0 Å². The van der Waals surface area contributed by atoms with E-state index < -0.39 is 0 Å². The van der Waals surface area contributed by atoms with Crippen molar-refractivity contribution in [2.24, 2.45) is 5.73 Å². The maximum absolute atomic E-state index is 5.41. The van der Waals surface area contributed by atoms with Crippen LogP contribution in [0.3, 0.4) is 0 Å². The molecule has 0 aliphatic rings. The second kappa shape index (κ2) is 11.3. The highest BCUT2D eigenvalue weighted by molar-refractivity contribution is 5.16. The highest BCUT2D eigenvalue weighted by Crippen LogP contribution is 2.20. The molecule has 1 aromatic heterocycles. The summed E-state index contributed by atoms with van der Waals surface area (Å²) in [7, 11) is 0. The van der Waals surface area contributed by atoms with E-state index in [2.05, 4.69) is 13.8 Å². The summed E-state index contributed by atoms with van der Waals surface area (Å²) < 4.78 is 5.21. The first kappa shape index (κ1) is 16.7. The van der Waals surface area contributed by atoms with Gasteiger partial charge < -0.3 is 10.2 Å². The van der Waals surface area contributed by atoms with Crippen molar-refractivity contribution in [3.8, 4) is 0 Å². The summed E-state index contributed by atoms with van der Waals surface area (Å²) in [6, 6.07) is 2.04. The highest BCUT2D eigenvalue weighted by atomic mass is 16.3. The maximum Gasteiger partial charge on any atom is 0.117 e. The third-order valence-corrected chi connectivity index (χ3v) is 2.06. The van der Waals surface area contributed by atoms with Gasteiger partial charge in [-0.1, -0.05) is 41.5 Å². The molecule has 0 fully saturated rings. The number of hydrogen-bond acceptors (Lipinski definition) is 2. The number of furan rings is 1. The van der Waals surface area contributed by atoms with Crippen LogP contribution in [0.25, 0.3) is 0 Å². The Hall–Kier alpha value is -0.760. The van der Waals surface area contributed by atoms with Gasteiger partial charge >= 0.3 is 0 Å². The molecule has 0 saturated carbocycles. The molecule has 0 radical (unpaired) electrons. The zero-order valence-corrected chi connectivity index (χ0v) is 11.1. The first-order chi connectivity index (χ1) is 7.27. The van der Waals surface area contributed by atoms with E-state index >= 15 is 0 Å². The molecule has 1 aromatic rings. The Balaban J connectivity index is 0. The van der Waals surface area contributed by atoms with E-state index in [1.54, 1.807) is 6.26 Å². The van der Waals surface area contributed by atoms with Gasteiger partial charge in [0.15, 0.2) is 0 Å². The fraction of sp³-hybridized carbons (Fsp3) is 0.692. The van der Waals surface area contributed by atoms with E-state index in [0.29, 0.717) is 12.5 Å². The molecule has 0 spiro atoms. The maximum atomic E-state index is 5.41. The Kier molecular flexibility index (Phi) is 12.6. The molecule has 2 heteroatoms. The molecule has 2 N–H and O–H groups in total. The van der Waals surface area contributed by atoms with E-state index in [-0.39, 0.29) is 0 Å². The Bertz CT molecular complexity index is 218. The molecular weight excluding hydrogens is 186 g/mol. The molecule has 1 rings (SSSR count). The smallest absolute Gasteiger partial charge is 0.117 e. The van der Waals surface area contributed by atoms with Gasteiger partial charge in [-0.15, -0.1) is 0 Å². The molecule has 0 aliphatic carbocycles. The standard InChI is InChI=1S/C9H15NO.2C2H6/c1-3-7(2)8-4-9(5-10)11-6-8;2*1-2/h4,6-7H,3,5,10H2,1-2H3;2*1-2H3. The molecule has 0 amide bonds. The lowest BCUT2D eigenvalue weighted by atomic mass is 10.0. The van der Waals surface area contributed by atoms with Crippen LogP contribution in [-0.4, -0.2) is 0 Å². The summed E-state index contributed by atoms with van der Waals surface area (Å²) in [4.78, 5) is 0. The van der Waals surface area contributed by atoms with Gasteiger partial charge in [-0.25, -0.2) is 0 Å². The minimum atomic E-state index is 0.496. The SMILES string of the molecule is CC.CC.CCC(C)c1coc(CN)c1. The lowest BCUT2D eigenvalue weighted by Gasteiger charge is -2.01. The van der Waals surface area contributed by atoms with Crippen molar-refractivity contribution in [2.45, 2.75) is 60.4 Å². The van der Waals surface area contributed by atoms with Crippen LogP contribution in [0.2, 0.25) is 0 Å². The van der Waals surface area contributed by atoms with E-state index in [0.717, 1.165) is 12.2 Å². The summed E-state index contributed by atoms with van der Waals surface area (Å²) in [6.07, 6.45) is 2.94. The predicted molar refractivity (Wildman–Crippen MR) is 68.0 cm³/mol. The monoisotopic (exact) mass is 213 g/mol. The second-order valence-electron chi connectivity index (χ2n) is 2.86. The highest BCUT2D eigenvalue weighted by Gasteiger charge is 2.05. The van der Waals surface area contributed by atoms with Crippen LogP contribution in [0.4, 0.5) is 0 Å². The van der Waals surface area contributed by atoms with Crippen LogP contribution < -0.4 is 5.73 Å². The van der Waals surface area contributed by atoms with Gasteiger partial charge in [-0.05, 0) is 24.0 Å². The Morgan fingerprint density at radius 2 is 1.80 bits per heavy atom. The van der Waals surface area contributed by atoms with Gasteiger partial charge in [-0.3, -0.25) is 0 Å². The Morgan fingerprint density at radius 3 is 2.13 bits per heavy atom. The van der Waals surface area contributed by atoms with Crippen molar-refractivity contribution in [3.63, 3.8) is 0 Å². The summed E-state index contributed by atoms with van der Waals surface area (Å²) in [5.74, 6) is 1.46. The molecule has 90 valence electrons. The van der Waals surface area contributed by atoms with Crippen molar-refractivity contribution in [1.29, 1.82) is 0 Å². The van der Waals surface area contributed by atoms with Crippen molar-refractivity contribution in [1.82, 2.24) is 0 Å². The van der Waals surface area contributed by atoms with Crippen LogP contribution in [0.15, 0.2) is 16.7 Å². The van der Waals surface area contributed by atoms with E-state index in [1.165, 1.54) is 5.56 Å². The van der Waals surface area contributed by atoms with Crippen molar-refractivity contribution < 1.29 is 4.42 Å². The topological polar surface area (TPSA) is 39.2 Å². The molecule has 1 heterocycles. The third-order valence-electron chi connectivity index (χ3n) is 2.06. The molecule has 0 bridgehead atoms. The number of hydrogen-bond donors (Lipinski definition) is 1. The molecule has 0 aromatic carbocycles. The fourth-order valence-corrected chi connectivity index (χ4v) is 0.999.